The normalized spacial score (nSPS) is 15.9. The molecule has 2 aliphatic heterocycles. The number of benzene rings is 5. The number of ether oxygens (including phenoxy) is 1. The first-order valence-corrected chi connectivity index (χ1v) is 24.9. The maximum absolute atomic E-state index is 14.6. The molecule has 7 aromatic rings. The van der Waals surface area contributed by atoms with Crippen LogP contribution in [-0.4, -0.2) is 72.4 Å². The van der Waals surface area contributed by atoms with Crippen molar-refractivity contribution in [2.45, 2.75) is 41.7 Å². The van der Waals surface area contributed by atoms with Gasteiger partial charge in [-0.3, -0.25) is 29.1 Å². The number of esters is 1. The molecule has 3 N–H and O–H groups in total. The van der Waals surface area contributed by atoms with Crippen LogP contribution in [-0.2, 0) is 36.0 Å². The smallest absolute Gasteiger partial charge is 0.356 e. The minimum absolute atomic E-state index is 0.00678. The molecule has 1 saturated heterocycles. The first-order valence-electron chi connectivity index (χ1n) is 22.1. The van der Waals surface area contributed by atoms with E-state index < -0.39 is 52.0 Å². The van der Waals surface area contributed by atoms with E-state index in [4.69, 9.17) is 14.6 Å². The fourth-order valence-electron chi connectivity index (χ4n) is 8.29. The van der Waals surface area contributed by atoms with Crippen molar-refractivity contribution in [1.82, 2.24) is 30.0 Å². The number of β-lactam (4-membered cyclic amide) rings is 1. The predicted molar refractivity (Wildman–Crippen MR) is 271 cm³/mol. The van der Waals surface area contributed by atoms with Crippen molar-refractivity contribution in [3.63, 3.8) is 0 Å². The molecular weight excluding hydrogens is 945 g/mol. The molecule has 2 aliphatic rings. The molecule has 0 radical (unpaired) electrons. The third-order valence-electron chi connectivity index (χ3n) is 11.6. The monoisotopic (exact) mass is 988 g/mol. The second kappa shape index (κ2) is 21.2. The van der Waals surface area contributed by atoms with Crippen LogP contribution in [0.1, 0.15) is 46.5 Å². The zero-order valence-corrected chi connectivity index (χ0v) is 40.1. The average Bonchev–Trinajstić information content (AvgIpc) is 3.87. The number of anilines is 1. The number of oxime groups is 1. The van der Waals surface area contributed by atoms with Crippen molar-refractivity contribution in [2.24, 2.45) is 5.16 Å². The molecule has 70 heavy (non-hydrogen) atoms. The fourth-order valence-corrected chi connectivity index (χ4v) is 11.0. The van der Waals surface area contributed by atoms with E-state index in [2.05, 4.69) is 62.3 Å². The van der Waals surface area contributed by atoms with Crippen LogP contribution in [0.4, 0.5) is 5.13 Å². The molecule has 0 aliphatic carbocycles. The van der Waals surface area contributed by atoms with Crippen LogP contribution >= 0.6 is 34.9 Å². The highest BCUT2D eigenvalue weighted by molar-refractivity contribution is 8.02. The average molecular weight is 989 g/mol. The van der Waals surface area contributed by atoms with E-state index in [9.17, 15) is 24.0 Å². The lowest BCUT2D eigenvalue weighted by Gasteiger charge is -2.49. The number of thiazole rings is 1. The van der Waals surface area contributed by atoms with Gasteiger partial charge in [0.15, 0.2) is 22.1 Å². The van der Waals surface area contributed by atoms with E-state index in [0.717, 1.165) is 44.3 Å². The molecular formula is C52H44N8O7S3. The van der Waals surface area contributed by atoms with E-state index in [1.165, 1.54) is 35.1 Å². The topological polar surface area (TPSA) is 190 Å². The van der Waals surface area contributed by atoms with Crippen LogP contribution in [0.3, 0.4) is 0 Å². The number of fused-ring (bicyclic) bond motifs is 1. The zero-order valence-electron chi connectivity index (χ0n) is 37.6. The Morgan fingerprint density at radius 1 is 0.857 bits per heavy atom. The number of nitrogens with one attached hydrogen (secondary N) is 3. The number of amides is 2. The van der Waals surface area contributed by atoms with Crippen LogP contribution in [0.2, 0.25) is 0 Å². The quantitative estimate of drug-likeness (QED) is 0.0156. The molecule has 18 heteroatoms. The van der Waals surface area contributed by atoms with Crippen LogP contribution in [0.5, 0.6) is 0 Å². The molecule has 0 spiro atoms. The number of aromatic nitrogens is 4. The molecule has 4 heterocycles. The van der Waals surface area contributed by atoms with Crippen LogP contribution in [0, 0.1) is 0 Å². The number of rotatable bonds is 17. The number of allylic oxidation sites excluding steroid dienone is 1. The standard InChI is InChI=1S/C52H44N8O7S3/c1-3-59-47(64)45(62)55-51(57-59)68-30-29-35-31-69-48-41(46(63)60(48)42(35)49(65)67-43(33-19-9-4-10-20-33)34-21-11-5-12-22-34)54-44(61)40(58-66-2)39-32-70-50(53-39)56-52(36-23-13-6-14-24-36,37-25-15-7-16-26-37)38-27-17-8-18-28-38/h4-30,32,41,43,48H,3,31H2,1-2H3,(H,53,56)(H,54,61)(H,55,57,62)/b30-29+,58-40+. The summed E-state index contributed by atoms with van der Waals surface area (Å²) in [6.45, 7) is 1.89. The van der Waals surface area contributed by atoms with Gasteiger partial charge in [0.25, 0.3) is 11.8 Å². The number of carbonyl (C=O) groups is 3. The minimum atomic E-state index is -1.07. The summed E-state index contributed by atoms with van der Waals surface area (Å²) in [5, 5.41) is 18.1. The molecule has 2 unspecified atom stereocenters. The van der Waals surface area contributed by atoms with Gasteiger partial charge in [-0.25, -0.2) is 14.5 Å². The van der Waals surface area contributed by atoms with Crippen molar-refractivity contribution in [1.29, 1.82) is 0 Å². The van der Waals surface area contributed by atoms with Gasteiger partial charge in [-0.05, 0) is 51.8 Å². The highest BCUT2D eigenvalue weighted by atomic mass is 32.2. The van der Waals surface area contributed by atoms with Crippen LogP contribution in [0.15, 0.2) is 200 Å². The van der Waals surface area contributed by atoms with E-state index in [-0.39, 0.29) is 34.6 Å². The number of aryl methyl sites for hydroxylation is 1. The summed E-state index contributed by atoms with van der Waals surface area (Å²) in [5.74, 6) is -1.80. The molecule has 2 aromatic heterocycles. The summed E-state index contributed by atoms with van der Waals surface area (Å²) in [5.41, 5.74) is 2.33. The Kier molecular flexibility index (Phi) is 14.3. The first kappa shape index (κ1) is 47.3. The van der Waals surface area contributed by atoms with Crippen LogP contribution < -0.4 is 21.8 Å². The molecule has 1 fully saturated rings. The first-order chi connectivity index (χ1) is 34.2. The molecule has 5 aromatic carbocycles. The van der Waals surface area contributed by atoms with Gasteiger partial charge in [-0.1, -0.05) is 169 Å². The lowest BCUT2D eigenvalue weighted by molar-refractivity contribution is -0.154. The number of carbonyl (C=O) groups excluding carboxylic acids is 3. The van der Waals surface area contributed by atoms with Gasteiger partial charge in [-0.2, -0.15) is 0 Å². The molecule has 352 valence electrons. The zero-order chi connectivity index (χ0) is 48.6. The van der Waals surface area contributed by atoms with Gasteiger partial charge >= 0.3 is 17.1 Å². The second-order valence-electron chi connectivity index (χ2n) is 15.8. The van der Waals surface area contributed by atoms with E-state index >= 15 is 0 Å². The second-order valence-corrected chi connectivity index (χ2v) is 18.6. The molecule has 2 atom stereocenters. The Labute approximate surface area is 414 Å². The van der Waals surface area contributed by atoms with Gasteiger partial charge in [0.2, 0.25) is 0 Å². The van der Waals surface area contributed by atoms with Crippen molar-refractivity contribution < 1.29 is 24.0 Å². The Morgan fingerprint density at radius 2 is 1.41 bits per heavy atom. The lowest BCUT2D eigenvalue weighted by Crippen LogP contribution is -2.71. The Hall–Kier alpha value is -7.80. The van der Waals surface area contributed by atoms with E-state index in [0.29, 0.717) is 10.7 Å². The van der Waals surface area contributed by atoms with E-state index in [1.54, 1.807) is 23.8 Å². The maximum Gasteiger partial charge on any atom is 0.356 e. The van der Waals surface area contributed by atoms with Crippen molar-refractivity contribution in [2.75, 3.05) is 18.2 Å². The molecule has 0 saturated carbocycles. The maximum atomic E-state index is 14.6. The SMILES string of the molecule is CCn1nc(S/C=C/C2=C(C(=O)OC(c3ccccc3)c3ccccc3)N3C(=O)C(NC(=O)/C(=N/OC)c4csc(NC(c5ccccc5)(c5ccccc5)c5ccccc5)n4)C3SC2)[nH]c(=O)c1=O. The van der Waals surface area contributed by atoms with Crippen molar-refractivity contribution in [3.05, 3.63) is 234 Å². The van der Waals surface area contributed by atoms with Crippen molar-refractivity contribution >= 4 is 63.5 Å². The number of nitrogens with zero attached hydrogens (tertiary/aromatic N) is 5. The van der Waals surface area contributed by atoms with E-state index in [1.807, 2.05) is 115 Å². The van der Waals surface area contributed by atoms with Gasteiger partial charge in [-0.15, -0.1) is 28.2 Å². The molecule has 9 rings (SSSR count). The number of H-pyrrole nitrogens is 1. The summed E-state index contributed by atoms with van der Waals surface area (Å²) in [6, 6.07) is 47.6. The summed E-state index contributed by atoms with van der Waals surface area (Å²) >= 11 is 3.65. The van der Waals surface area contributed by atoms with Crippen LogP contribution in [0.25, 0.3) is 0 Å². The highest BCUT2D eigenvalue weighted by Gasteiger charge is 2.55. The summed E-state index contributed by atoms with van der Waals surface area (Å²) in [6.07, 6.45) is 0.819. The minimum Gasteiger partial charge on any atom is -0.448 e. The third-order valence-corrected chi connectivity index (χ3v) is 14.3. The molecule has 2 amide bonds. The molecule has 15 nitrogen and oxygen atoms in total. The van der Waals surface area contributed by atoms with Gasteiger partial charge in [0.1, 0.15) is 35.5 Å². The van der Waals surface area contributed by atoms with Gasteiger partial charge < -0.3 is 20.2 Å². The summed E-state index contributed by atoms with van der Waals surface area (Å²) in [7, 11) is 1.32. The Balaban J connectivity index is 0.997. The van der Waals surface area contributed by atoms with Crippen molar-refractivity contribution in [3.8, 4) is 0 Å². The predicted octanol–water partition coefficient (Wildman–Crippen LogP) is 7.46. The number of aromatic amines is 1. The molecule has 0 bridgehead atoms. The number of hydrogen-bond acceptors (Lipinski definition) is 14. The largest absolute Gasteiger partial charge is 0.448 e. The van der Waals surface area contributed by atoms with Gasteiger partial charge in [0.05, 0.1) is 0 Å². The number of thioether (sulfide) groups is 2. The Bertz CT molecular complexity index is 3090. The summed E-state index contributed by atoms with van der Waals surface area (Å²) in [4.78, 5) is 81.7. The fraction of sp³-hybridized carbons (Fsp3) is 0.154. The summed E-state index contributed by atoms with van der Waals surface area (Å²) < 4.78 is 7.36. The Morgan fingerprint density at radius 3 is 1.96 bits per heavy atom. The number of hydrogen-bond donors (Lipinski definition) is 3. The van der Waals surface area contributed by atoms with Gasteiger partial charge in [0, 0.05) is 17.7 Å². The third kappa shape index (κ3) is 9.61. The lowest BCUT2D eigenvalue weighted by atomic mass is 9.77. The highest BCUT2D eigenvalue weighted by Crippen LogP contribution is 2.43.